The molecule has 0 radical (unpaired) electrons. The summed E-state index contributed by atoms with van der Waals surface area (Å²) in [5, 5.41) is 17.1. The fourth-order valence-electron chi connectivity index (χ4n) is 2.58. The SMILES string of the molecule is CC(C)(C)OC(=O)N1CC(Cn2nnc3cc(C#N)ccc32)C1. The van der Waals surface area contributed by atoms with Gasteiger partial charge in [-0.05, 0) is 39.0 Å². The molecule has 2 aromatic rings. The van der Waals surface area contributed by atoms with E-state index in [4.69, 9.17) is 10.00 Å². The Morgan fingerprint density at radius 3 is 2.83 bits per heavy atom. The standard InChI is InChI=1S/C16H19N5O2/c1-16(2,3)23-15(22)20-8-12(9-20)10-21-14-5-4-11(7-17)6-13(14)18-19-21/h4-6,12H,8-10H2,1-3H3. The molecule has 0 unspecified atom stereocenters. The number of nitriles is 1. The topological polar surface area (TPSA) is 84.0 Å². The molecule has 1 aromatic heterocycles. The van der Waals surface area contributed by atoms with Gasteiger partial charge in [0.1, 0.15) is 11.1 Å². The summed E-state index contributed by atoms with van der Waals surface area (Å²) in [5.74, 6) is 0.336. The van der Waals surface area contributed by atoms with E-state index in [9.17, 15) is 4.79 Å². The average molecular weight is 313 g/mol. The predicted octanol–water partition coefficient (Wildman–Crippen LogP) is 2.17. The van der Waals surface area contributed by atoms with E-state index < -0.39 is 5.60 Å². The lowest BCUT2D eigenvalue weighted by Crippen LogP contribution is -2.52. The number of likely N-dealkylation sites (tertiary alicyclic amines) is 1. The van der Waals surface area contributed by atoms with Crippen LogP contribution in [0, 0.1) is 17.2 Å². The first kappa shape index (κ1) is 15.3. The number of carbonyl (C=O) groups is 1. The second kappa shape index (κ2) is 5.54. The zero-order valence-electron chi connectivity index (χ0n) is 13.5. The van der Waals surface area contributed by atoms with Gasteiger partial charge in [0, 0.05) is 25.6 Å². The van der Waals surface area contributed by atoms with Crippen LogP contribution in [0.15, 0.2) is 18.2 Å². The van der Waals surface area contributed by atoms with Crippen LogP contribution in [0.4, 0.5) is 4.79 Å². The van der Waals surface area contributed by atoms with Crippen LogP contribution in [0.25, 0.3) is 11.0 Å². The Labute approximate surface area is 134 Å². The first-order valence-corrected chi connectivity index (χ1v) is 7.57. The van der Waals surface area contributed by atoms with Crippen molar-refractivity contribution >= 4 is 17.1 Å². The average Bonchev–Trinajstić information content (AvgIpc) is 2.82. The zero-order valence-corrected chi connectivity index (χ0v) is 13.5. The summed E-state index contributed by atoms with van der Waals surface area (Å²) >= 11 is 0. The Morgan fingerprint density at radius 1 is 1.43 bits per heavy atom. The van der Waals surface area contributed by atoms with E-state index >= 15 is 0 Å². The van der Waals surface area contributed by atoms with Gasteiger partial charge in [0.2, 0.25) is 0 Å². The highest BCUT2D eigenvalue weighted by Crippen LogP contribution is 2.22. The summed E-state index contributed by atoms with van der Waals surface area (Å²) in [6, 6.07) is 7.44. The van der Waals surface area contributed by atoms with Crippen LogP contribution >= 0.6 is 0 Å². The highest BCUT2D eigenvalue weighted by molar-refractivity contribution is 5.76. The van der Waals surface area contributed by atoms with Crippen LogP contribution < -0.4 is 0 Å². The molecule has 0 N–H and O–H groups in total. The minimum atomic E-state index is -0.470. The second-order valence-electron chi connectivity index (χ2n) is 6.84. The van der Waals surface area contributed by atoms with Gasteiger partial charge in [0.05, 0.1) is 17.1 Å². The van der Waals surface area contributed by atoms with Crippen molar-refractivity contribution in [3.63, 3.8) is 0 Å². The molecule has 23 heavy (non-hydrogen) atoms. The molecule has 0 aliphatic carbocycles. The monoisotopic (exact) mass is 313 g/mol. The maximum absolute atomic E-state index is 11.9. The number of carbonyl (C=O) groups excluding carboxylic acids is 1. The third-order valence-electron chi connectivity index (χ3n) is 3.68. The van der Waals surface area contributed by atoms with E-state index in [0.29, 0.717) is 36.6 Å². The van der Waals surface area contributed by atoms with Crippen molar-refractivity contribution < 1.29 is 9.53 Å². The van der Waals surface area contributed by atoms with E-state index in [-0.39, 0.29) is 6.09 Å². The van der Waals surface area contributed by atoms with Crippen molar-refractivity contribution in [2.45, 2.75) is 32.9 Å². The van der Waals surface area contributed by atoms with Crippen LogP contribution in [0.3, 0.4) is 0 Å². The van der Waals surface area contributed by atoms with Crippen molar-refractivity contribution in [3.8, 4) is 6.07 Å². The summed E-state index contributed by atoms with van der Waals surface area (Å²) < 4.78 is 7.17. The molecular weight excluding hydrogens is 294 g/mol. The smallest absolute Gasteiger partial charge is 0.410 e. The lowest BCUT2D eigenvalue weighted by Gasteiger charge is -2.39. The lowest BCUT2D eigenvalue weighted by molar-refractivity contribution is -0.00371. The van der Waals surface area contributed by atoms with Gasteiger partial charge >= 0.3 is 6.09 Å². The molecule has 0 spiro atoms. The third kappa shape index (κ3) is 3.26. The normalized spacial score (nSPS) is 15.3. The van der Waals surface area contributed by atoms with Crippen molar-refractivity contribution in [3.05, 3.63) is 23.8 Å². The Kier molecular flexibility index (Phi) is 3.68. The molecule has 7 nitrogen and oxygen atoms in total. The fourth-order valence-corrected chi connectivity index (χ4v) is 2.58. The van der Waals surface area contributed by atoms with Crippen molar-refractivity contribution in [1.82, 2.24) is 19.9 Å². The van der Waals surface area contributed by atoms with E-state index in [0.717, 1.165) is 5.52 Å². The minimum absolute atomic E-state index is 0.268. The summed E-state index contributed by atoms with van der Waals surface area (Å²) in [6.45, 7) is 7.60. The summed E-state index contributed by atoms with van der Waals surface area (Å²) in [7, 11) is 0. The van der Waals surface area contributed by atoms with Gasteiger partial charge in [-0.1, -0.05) is 5.21 Å². The van der Waals surface area contributed by atoms with Gasteiger partial charge in [0.15, 0.2) is 0 Å². The molecule has 3 rings (SSSR count). The number of aromatic nitrogens is 3. The van der Waals surface area contributed by atoms with Gasteiger partial charge in [-0.2, -0.15) is 5.26 Å². The quantitative estimate of drug-likeness (QED) is 0.848. The van der Waals surface area contributed by atoms with Gasteiger partial charge in [0.25, 0.3) is 0 Å². The van der Waals surface area contributed by atoms with E-state index in [1.165, 1.54) is 0 Å². The molecule has 0 saturated carbocycles. The Hall–Kier alpha value is -2.62. The lowest BCUT2D eigenvalue weighted by atomic mass is 10.0. The van der Waals surface area contributed by atoms with Crippen LogP contribution in [-0.2, 0) is 11.3 Å². The van der Waals surface area contributed by atoms with Gasteiger partial charge in [-0.25, -0.2) is 9.48 Å². The van der Waals surface area contributed by atoms with Gasteiger partial charge < -0.3 is 9.64 Å². The molecule has 1 aliphatic heterocycles. The Bertz CT molecular complexity index is 778. The number of hydrogen-bond donors (Lipinski definition) is 0. The molecular formula is C16H19N5O2. The van der Waals surface area contributed by atoms with Crippen LogP contribution in [0.5, 0.6) is 0 Å². The maximum Gasteiger partial charge on any atom is 0.410 e. The molecule has 0 bridgehead atoms. The molecule has 1 amide bonds. The predicted molar refractivity (Wildman–Crippen MR) is 83.5 cm³/mol. The zero-order chi connectivity index (χ0) is 16.6. The van der Waals surface area contributed by atoms with Crippen LogP contribution in [0.2, 0.25) is 0 Å². The first-order chi connectivity index (χ1) is 10.9. The molecule has 1 aliphatic rings. The molecule has 120 valence electrons. The maximum atomic E-state index is 11.9. The number of hydrogen-bond acceptors (Lipinski definition) is 5. The highest BCUT2D eigenvalue weighted by Gasteiger charge is 2.34. The fraction of sp³-hybridized carbons (Fsp3) is 0.500. The summed E-state index contributed by atoms with van der Waals surface area (Å²) in [4.78, 5) is 13.6. The van der Waals surface area contributed by atoms with Gasteiger partial charge in [-0.3, -0.25) is 0 Å². The molecule has 2 heterocycles. The summed E-state index contributed by atoms with van der Waals surface area (Å²) in [6.07, 6.45) is -0.268. The molecule has 1 saturated heterocycles. The van der Waals surface area contributed by atoms with Crippen LogP contribution in [-0.4, -0.2) is 44.7 Å². The van der Waals surface area contributed by atoms with Crippen LogP contribution in [0.1, 0.15) is 26.3 Å². The van der Waals surface area contributed by atoms with E-state index in [2.05, 4.69) is 16.4 Å². The first-order valence-electron chi connectivity index (χ1n) is 7.57. The van der Waals surface area contributed by atoms with Gasteiger partial charge in [-0.15, -0.1) is 5.10 Å². The largest absolute Gasteiger partial charge is 0.444 e. The number of ether oxygens (including phenoxy) is 1. The Balaban J connectivity index is 1.60. The minimum Gasteiger partial charge on any atom is -0.444 e. The molecule has 1 aromatic carbocycles. The highest BCUT2D eigenvalue weighted by atomic mass is 16.6. The number of fused-ring (bicyclic) bond motifs is 1. The number of amides is 1. The molecule has 0 atom stereocenters. The number of nitrogens with zero attached hydrogens (tertiary/aromatic N) is 5. The van der Waals surface area contributed by atoms with Crippen molar-refractivity contribution in [1.29, 1.82) is 5.26 Å². The summed E-state index contributed by atoms with van der Waals surface area (Å²) in [5.41, 5.74) is 1.72. The molecule has 1 fully saturated rings. The molecule has 7 heteroatoms. The number of benzene rings is 1. The van der Waals surface area contributed by atoms with Crippen molar-refractivity contribution in [2.24, 2.45) is 5.92 Å². The second-order valence-corrected chi connectivity index (χ2v) is 6.84. The van der Waals surface area contributed by atoms with E-state index in [1.807, 2.05) is 31.5 Å². The Morgan fingerprint density at radius 2 is 2.17 bits per heavy atom. The van der Waals surface area contributed by atoms with E-state index in [1.54, 1.807) is 17.0 Å². The third-order valence-corrected chi connectivity index (χ3v) is 3.68. The number of rotatable bonds is 2. The van der Waals surface area contributed by atoms with Crippen molar-refractivity contribution in [2.75, 3.05) is 13.1 Å².